The second-order valence-electron chi connectivity index (χ2n) is 7.10. The number of esters is 1. The van der Waals surface area contributed by atoms with Crippen LogP contribution in [0.2, 0.25) is 0 Å². The van der Waals surface area contributed by atoms with E-state index < -0.39 is 12.0 Å². The van der Waals surface area contributed by atoms with Gasteiger partial charge in [-0.1, -0.05) is 44.9 Å². The molecule has 0 unspecified atom stereocenters. The maximum atomic E-state index is 12.0. The summed E-state index contributed by atoms with van der Waals surface area (Å²) in [6.07, 6.45) is 3.26. The number of hydrogen-bond donors (Lipinski definition) is 3. The molecule has 7 heteroatoms. The lowest BCUT2D eigenvalue weighted by atomic mass is 9.78. The summed E-state index contributed by atoms with van der Waals surface area (Å²) in [6, 6.07) is 8.75. The summed E-state index contributed by atoms with van der Waals surface area (Å²) in [5, 5.41) is 8.19. The van der Waals surface area contributed by atoms with Crippen LogP contribution < -0.4 is 16.0 Å². The fourth-order valence-electron chi connectivity index (χ4n) is 3.23. The number of para-hydroxylation sites is 1. The van der Waals surface area contributed by atoms with Crippen molar-refractivity contribution in [3.8, 4) is 0 Å². The normalized spacial score (nSPS) is 21.8. The minimum atomic E-state index is -0.518. The molecule has 1 aromatic carbocycles. The summed E-state index contributed by atoms with van der Waals surface area (Å²) in [5.74, 6) is 0.213. The van der Waals surface area contributed by atoms with E-state index in [1.165, 1.54) is 6.42 Å². The summed E-state index contributed by atoms with van der Waals surface area (Å²) in [4.78, 5) is 35.4. The average Bonchev–Trinajstić information content (AvgIpc) is 2.64. The van der Waals surface area contributed by atoms with Gasteiger partial charge in [-0.3, -0.25) is 9.59 Å². The van der Waals surface area contributed by atoms with Crippen LogP contribution in [0.15, 0.2) is 30.3 Å². The van der Waals surface area contributed by atoms with Crippen molar-refractivity contribution >= 4 is 23.6 Å². The van der Waals surface area contributed by atoms with Crippen molar-refractivity contribution in [2.45, 2.75) is 45.6 Å². The summed E-state index contributed by atoms with van der Waals surface area (Å²) < 4.78 is 4.98. The summed E-state index contributed by atoms with van der Waals surface area (Å²) in [6.45, 7) is 4.19. The number of urea groups is 1. The summed E-state index contributed by atoms with van der Waals surface area (Å²) >= 11 is 0. The van der Waals surface area contributed by atoms with Crippen molar-refractivity contribution in [1.29, 1.82) is 0 Å². The van der Waals surface area contributed by atoms with Gasteiger partial charge in [0.05, 0.1) is 6.42 Å². The summed E-state index contributed by atoms with van der Waals surface area (Å²) in [5.41, 5.74) is 0.667. The molecule has 0 heterocycles. The Kier molecular flexibility index (Phi) is 8.10. The van der Waals surface area contributed by atoms with Crippen LogP contribution in [0.5, 0.6) is 0 Å². The van der Waals surface area contributed by atoms with Crippen molar-refractivity contribution in [3.63, 3.8) is 0 Å². The molecule has 0 radical (unpaired) electrons. The molecule has 0 bridgehead atoms. The van der Waals surface area contributed by atoms with Crippen LogP contribution in [0, 0.1) is 11.8 Å². The van der Waals surface area contributed by atoms with Crippen LogP contribution in [0.1, 0.15) is 39.5 Å². The highest BCUT2D eigenvalue weighted by Crippen LogP contribution is 2.29. The molecular weight excluding hydrogens is 346 g/mol. The molecule has 1 fully saturated rings. The number of anilines is 1. The first-order valence-corrected chi connectivity index (χ1v) is 9.50. The lowest BCUT2D eigenvalue weighted by molar-refractivity contribution is -0.148. The standard InChI is InChI=1S/C20H29N3O4/c1-14-7-6-10-17(15(14)2)23-18(24)13-27-19(25)11-12-21-20(26)22-16-8-4-3-5-9-16/h3-5,8-9,14-15,17H,6-7,10-13H2,1-2H3,(H,23,24)(H2,21,22,26)/t14-,15-,17+/m1/s1. The maximum absolute atomic E-state index is 12.0. The van der Waals surface area contributed by atoms with Crippen LogP contribution in [0.3, 0.4) is 0 Å². The number of carbonyl (C=O) groups is 3. The van der Waals surface area contributed by atoms with E-state index >= 15 is 0 Å². The number of amides is 3. The third-order valence-electron chi connectivity index (χ3n) is 5.06. The Morgan fingerprint density at radius 2 is 1.85 bits per heavy atom. The molecule has 148 valence electrons. The third-order valence-corrected chi connectivity index (χ3v) is 5.06. The van der Waals surface area contributed by atoms with Crippen molar-refractivity contribution in [1.82, 2.24) is 10.6 Å². The Morgan fingerprint density at radius 3 is 2.59 bits per heavy atom. The molecule has 1 aliphatic rings. The highest BCUT2D eigenvalue weighted by Gasteiger charge is 2.28. The van der Waals surface area contributed by atoms with Gasteiger partial charge in [0.15, 0.2) is 6.61 Å². The van der Waals surface area contributed by atoms with Crippen molar-refractivity contribution in [2.75, 3.05) is 18.5 Å². The highest BCUT2D eigenvalue weighted by atomic mass is 16.5. The molecule has 27 heavy (non-hydrogen) atoms. The molecule has 3 N–H and O–H groups in total. The Bertz CT molecular complexity index is 635. The number of ether oxygens (including phenoxy) is 1. The van der Waals surface area contributed by atoms with Crippen LogP contribution in [0.4, 0.5) is 10.5 Å². The van der Waals surface area contributed by atoms with Gasteiger partial charge in [0.25, 0.3) is 5.91 Å². The molecule has 0 spiro atoms. The maximum Gasteiger partial charge on any atom is 0.319 e. The number of hydrogen-bond acceptors (Lipinski definition) is 4. The van der Waals surface area contributed by atoms with E-state index in [1.807, 2.05) is 18.2 Å². The number of nitrogens with one attached hydrogen (secondary N) is 3. The molecule has 3 amide bonds. The average molecular weight is 375 g/mol. The lowest BCUT2D eigenvalue weighted by Gasteiger charge is -2.34. The number of benzene rings is 1. The zero-order valence-corrected chi connectivity index (χ0v) is 16.0. The Morgan fingerprint density at radius 1 is 1.11 bits per heavy atom. The largest absolute Gasteiger partial charge is 0.456 e. The number of rotatable bonds is 7. The van der Waals surface area contributed by atoms with Crippen LogP contribution in [0.25, 0.3) is 0 Å². The smallest absolute Gasteiger partial charge is 0.319 e. The van der Waals surface area contributed by atoms with E-state index in [0.717, 1.165) is 12.8 Å². The zero-order valence-electron chi connectivity index (χ0n) is 16.0. The van der Waals surface area contributed by atoms with Gasteiger partial charge < -0.3 is 20.7 Å². The first-order chi connectivity index (χ1) is 13.0. The molecule has 3 atom stereocenters. The van der Waals surface area contributed by atoms with Crippen molar-refractivity contribution in [2.24, 2.45) is 11.8 Å². The second kappa shape index (κ2) is 10.5. The molecule has 1 aliphatic carbocycles. The molecule has 0 aliphatic heterocycles. The van der Waals surface area contributed by atoms with Gasteiger partial charge in [0.2, 0.25) is 0 Å². The molecule has 0 saturated heterocycles. The van der Waals surface area contributed by atoms with Gasteiger partial charge in [-0.25, -0.2) is 4.79 Å². The van der Waals surface area contributed by atoms with Gasteiger partial charge in [0.1, 0.15) is 0 Å². The Labute approximate surface area is 160 Å². The van der Waals surface area contributed by atoms with E-state index in [2.05, 4.69) is 29.8 Å². The molecular formula is C20H29N3O4. The van der Waals surface area contributed by atoms with Gasteiger partial charge in [0, 0.05) is 18.3 Å². The highest BCUT2D eigenvalue weighted by molar-refractivity contribution is 5.89. The second-order valence-corrected chi connectivity index (χ2v) is 7.10. The Hall–Kier alpha value is -2.57. The minimum Gasteiger partial charge on any atom is -0.456 e. The molecule has 7 nitrogen and oxygen atoms in total. The Balaban J connectivity index is 1.59. The van der Waals surface area contributed by atoms with Crippen molar-refractivity contribution in [3.05, 3.63) is 30.3 Å². The van der Waals surface area contributed by atoms with Gasteiger partial charge >= 0.3 is 12.0 Å². The predicted molar refractivity (Wildman–Crippen MR) is 103 cm³/mol. The molecule has 0 aromatic heterocycles. The first-order valence-electron chi connectivity index (χ1n) is 9.50. The third kappa shape index (κ3) is 7.29. The van der Waals surface area contributed by atoms with Gasteiger partial charge in [-0.05, 0) is 30.4 Å². The quantitative estimate of drug-likeness (QED) is 0.638. The SMILES string of the molecule is C[C@@H]1[C@H](C)CCC[C@@H]1NC(=O)COC(=O)CCNC(=O)Nc1ccccc1. The van der Waals surface area contributed by atoms with Gasteiger partial charge in [-0.2, -0.15) is 0 Å². The fourth-order valence-corrected chi connectivity index (χ4v) is 3.23. The molecule has 2 rings (SSSR count). The minimum absolute atomic E-state index is 0.00630. The van der Waals surface area contributed by atoms with Crippen LogP contribution >= 0.6 is 0 Å². The lowest BCUT2D eigenvalue weighted by Crippen LogP contribution is -2.45. The van der Waals surface area contributed by atoms with E-state index in [1.54, 1.807) is 12.1 Å². The van der Waals surface area contributed by atoms with Gasteiger partial charge in [-0.15, -0.1) is 0 Å². The first kappa shape index (κ1) is 20.7. The fraction of sp³-hybridized carbons (Fsp3) is 0.550. The molecule has 1 saturated carbocycles. The van der Waals surface area contributed by atoms with Crippen LogP contribution in [-0.2, 0) is 14.3 Å². The predicted octanol–water partition coefficient (Wildman–Crippen LogP) is 2.68. The topological polar surface area (TPSA) is 96.5 Å². The van der Waals surface area contributed by atoms with Crippen molar-refractivity contribution < 1.29 is 19.1 Å². The van der Waals surface area contributed by atoms with E-state index in [-0.39, 0.29) is 31.5 Å². The van der Waals surface area contributed by atoms with E-state index in [0.29, 0.717) is 17.5 Å². The van der Waals surface area contributed by atoms with E-state index in [4.69, 9.17) is 4.74 Å². The zero-order chi connectivity index (χ0) is 19.6. The van der Waals surface area contributed by atoms with E-state index in [9.17, 15) is 14.4 Å². The monoisotopic (exact) mass is 375 g/mol. The molecule has 1 aromatic rings. The van der Waals surface area contributed by atoms with Crippen LogP contribution in [-0.4, -0.2) is 37.1 Å². The summed E-state index contributed by atoms with van der Waals surface area (Å²) in [7, 11) is 0. The number of carbonyl (C=O) groups excluding carboxylic acids is 3.